The van der Waals surface area contributed by atoms with Gasteiger partial charge in [0.1, 0.15) is 10.4 Å². The van der Waals surface area contributed by atoms with Crippen molar-refractivity contribution in [2.24, 2.45) is 0 Å². The number of hydrogen-bond acceptors (Lipinski definition) is 8. The molecule has 0 saturated heterocycles. The first-order valence-electron chi connectivity index (χ1n) is 13.4. The summed E-state index contributed by atoms with van der Waals surface area (Å²) in [7, 11) is -10.1. The molecule has 0 unspecified atom stereocenters. The van der Waals surface area contributed by atoms with Crippen molar-refractivity contribution >= 4 is 84.4 Å². The molecular weight excluding hydrogens is 633 g/mol. The first-order chi connectivity index (χ1) is 19.7. The van der Waals surface area contributed by atoms with Crippen molar-refractivity contribution in [2.75, 3.05) is 23.0 Å². The van der Waals surface area contributed by atoms with Crippen LogP contribution in [0, 0.1) is 0 Å². The van der Waals surface area contributed by atoms with Gasteiger partial charge in [0.2, 0.25) is 13.8 Å². The number of anilines is 1. The third-order valence-corrected chi connectivity index (χ3v) is 11.2. The van der Waals surface area contributed by atoms with Gasteiger partial charge >= 0.3 is 0 Å². The van der Waals surface area contributed by atoms with Crippen LogP contribution in [0.15, 0.2) is 64.5 Å². The lowest BCUT2D eigenvalue weighted by atomic mass is 10.1. The topological polar surface area (TPSA) is 125 Å². The number of rotatable bonds is 11. The zero-order chi connectivity index (χ0) is 30.3. The van der Waals surface area contributed by atoms with Gasteiger partial charge in [0.25, 0.3) is 25.2 Å². The van der Waals surface area contributed by atoms with Crippen LogP contribution >= 0.6 is 23.1 Å². The molecule has 1 aliphatic heterocycles. The highest BCUT2D eigenvalue weighted by Gasteiger charge is 2.30. The lowest BCUT2D eigenvalue weighted by Gasteiger charge is -2.23. The Hall–Kier alpha value is -2.46. The van der Waals surface area contributed by atoms with E-state index in [9.17, 15) is 25.9 Å². The van der Waals surface area contributed by atoms with Crippen LogP contribution in [-0.2, 0) is 26.8 Å². The standard InChI is InChI=1S/C28H32N2O7S4Si/c1-42(2,3)37-21-11-13-24-23(18-21)29(14-6-16-40(31,32)33)26(38-24)19-27-30(15-7-17-41(34,35)36)28-22-9-5-4-8-20(22)10-12-25(28)39-27/h4-5,8-13,18-19H,6-7,14-17H2,1-3H3,(H-,31,32,33,34,35,36)/p+1. The average molecular weight is 666 g/mol. The molecular formula is C28H33N2O7S4Si+. The van der Waals surface area contributed by atoms with E-state index in [1.165, 1.54) is 0 Å². The first-order valence-corrected chi connectivity index (χ1v) is 21.7. The van der Waals surface area contributed by atoms with Gasteiger partial charge in [-0.05, 0) is 55.7 Å². The predicted molar refractivity (Wildman–Crippen MR) is 173 cm³/mol. The fraction of sp³-hybridized carbons (Fsp3) is 0.321. The molecule has 1 aromatic heterocycles. The van der Waals surface area contributed by atoms with E-state index in [1.54, 1.807) is 23.1 Å². The largest absolute Gasteiger partial charge is 0.544 e. The number of hydrogen-bond donors (Lipinski definition) is 2. The van der Waals surface area contributed by atoms with Crippen LogP contribution in [0.2, 0.25) is 19.6 Å². The smallest absolute Gasteiger partial charge is 0.265 e. The summed E-state index contributed by atoms with van der Waals surface area (Å²) in [6.07, 6.45) is 2.50. The number of aromatic nitrogens is 1. The second-order valence-electron chi connectivity index (χ2n) is 11.1. The van der Waals surface area contributed by atoms with E-state index in [4.69, 9.17) is 4.43 Å². The Balaban J connectivity index is 1.60. The van der Waals surface area contributed by atoms with Crippen LogP contribution in [0.3, 0.4) is 0 Å². The summed E-state index contributed by atoms with van der Waals surface area (Å²) in [5, 5.41) is 3.88. The molecule has 0 aliphatic carbocycles. The molecule has 2 heterocycles. The van der Waals surface area contributed by atoms with Gasteiger partial charge in [-0.25, -0.2) is 0 Å². The van der Waals surface area contributed by atoms with Crippen molar-refractivity contribution in [1.29, 1.82) is 0 Å². The second kappa shape index (κ2) is 11.9. The number of nitrogens with zero attached hydrogens (tertiary/aromatic N) is 2. The molecule has 0 atom stereocenters. The fourth-order valence-corrected chi connectivity index (χ4v) is 9.10. The van der Waals surface area contributed by atoms with Crippen molar-refractivity contribution in [2.45, 2.75) is 43.9 Å². The summed E-state index contributed by atoms with van der Waals surface area (Å²) < 4.78 is 74.1. The van der Waals surface area contributed by atoms with Crippen LogP contribution in [0.1, 0.15) is 17.8 Å². The lowest BCUT2D eigenvalue weighted by Crippen LogP contribution is -2.36. The number of thioether (sulfide) groups is 1. The number of fused-ring (bicyclic) bond motifs is 4. The van der Waals surface area contributed by atoms with Crippen molar-refractivity contribution < 1.29 is 34.9 Å². The Bertz CT molecular complexity index is 1900. The third kappa shape index (κ3) is 7.54. The molecule has 0 fully saturated rings. The Morgan fingerprint density at radius 1 is 0.952 bits per heavy atom. The molecule has 0 bridgehead atoms. The Kier molecular flexibility index (Phi) is 8.78. The average Bonchev–Trinajstić information content (AvgIpc) is 3.39. The molecule has 14 heteroatoms. The Labute approximate surface area is 255 Å². The highest BCUT2D eigenvalue weighted by Crippen LogP contribution is 2.48. The van der Waals surface area contributed by atoms with Gasteiger partial charge in [-0.2, -0.15) is 21.4 Å². The summed E-state index contributed by atoms with van der Waals surface area (Å²) in [5.41, 5.74) is 1.89. The van der Waals surface area contributed by atoms with Crippen molar-refractivity contribution in [3.05, 3.63) is 64.6 Å². The molecule has 224 valence electrons. The lowest BCUT2D eigenvalue weighted by molar-refractivity contribution is -0.667. The van der Waals surface area contributed by atoms with Crippen LogP contribution in [0.4, 0.5) is 5.69 Å². The zero-order valence-electron chi connectivity index (χ0n) is 23.5. The van der Waals surface area contributed by atoms with Gasteiger partial charge in [-0.3, -0.25) is 9.11 Å². The molecule has 0 saturated carbocycles. The van der Waals surface area contributed by atoms with Crippen molar-refractivity contribution in [1.82, 2.24) is 0 Å². The molecule has 0 amide bonds. The maximum atomic E-state index is 11.5. The number of aryl methyl sites for hydroxylation is 1. The van der Waals surface area contributed by atoms with Crippen molar-refractivity contribution in [3.8, 4) is 5.75 Å². The minimum atomic E-state index is -4.11. The van der Waals surface area contributed by atoms with E-state index in [2.05, 4.69) is 36.3 Å². The van der Waals surface area contributed by atoms with E-state index in [0.29, 0.717) is 13.1 Å². The maximum absolute atomic E-state index is 11.5. The van der Waals surface area contributed by atoms with Gasteiger partial charge in [0, 0.05) is 23.9 Å². The molecule has 1 aliphatic rings. The Morgan fingerprint density at radius 2 is 1.67 bits per heavy atom. The van der Waals surface area contributed by atoms with E-state index in [-0.39, 0.29) is 24.3 Å². The maximum Gasteiger partial charge on any atom is 0.265 e. The molecule has 0 radical (unpaired) electrons. The molecule has 9 nitrogen and oxygen atoms in total. The molecule has 2 N–H and O–H groups in total. The monoisotopic (exact) mass is 665 g/mol. The number of benzene rings is 3. The molecule has 42 heavy (non-hydrogen) atoms. The van der Waals surface area contributed by atoms with Gasteiger partial charge in [0.05, 0.1) is 33.7 Å². The minimum Gasteiger partial charge on any atom is -0.544 e. The third-order valence-electron chi connectivity index (χ3n) is 6.55. The summed E-state index contributed by atoms with van der Waals surface area (Å²) in [6.45, 7) is 7.06. The summed E-state index contributed by atoms with van der Waals surface area (Å²) >= 11 is 3.15. The molecule has 0 spiro atoms. The first kappa shape index (κ1) is 31.0. The van der Waals surface area contributed by atoms with Gasteiger partial charge < -0.3 is 9.33 Å². The highest BCUT2D eigenvalue weighted by molar-refractivity contribution is 8.04. The van der Waals surface area contributed by atoms with Crippen LogP contribution in [0.25, 0.3) is 27.1 Å². The SMILES string of the molecule is C[Si](C)(C)Oc1ccc2c(c1)N(CCCS(=O)(=O)O)C(=Cc1sc3ccc4ccccc4c3[n+]1CCCS(=O)(=O)O)S2. The second-order valence-corrected chi connectivity index (χ2v) is 20.8. The molecule has 5 rings (SSSR count). The summed E-state index contributed by atoms with van der Waals surface area (Å²) in [6, 6.07) is 18.1. The molecule has 4 aromatic rings. The molecule has 3 aromatic carbocycles. The van der Waals surface area contributed by atoms with E-state index in [0.717, 1.165) is 47.4 Å². The summed E-state index contributed by atoms with van der Waals surface area (Å²) in [4.78, 5) is 3.05. The van der Waals surface area contributed by atoms with Crippen LogP contribution < -0.4 is 13.9 Å². The normalized spacial score (nSPS) is 15.2. The zero-order valence-corrected chi connectivity index (χ0v) is 27.7. The summed E-state index contributed by atoms with van der Waals surface area (Å²) in [5.74, 6) is 0.0509. The quantitative estimate of drug-likeness (QED) is 0.112. The van der Waals surface area contributed by atoms with Crippen LogP contribution in [-0.4, -0.2) is 52.3 Å². The van der Waals surface area contributed by atoms with E-state index >= 15 is 0 Å². The van der Waals surface area contributed by atoms with E-state index in [1.807, 2.05) is 53.4 Å². The number of thiazole rings is 1. The highest BCUT2D eigenvalue weighted by atomic mass is 32.2. The fourth-order valence-electron chi connectivity index (χ4n) is 4.95. The minimum absolute atomic E-state index is 0.223. The van der Waals surface area contributed by atoms with Gasteiger partial charge in [0.15, 0.2) is 6.54 Å². The Morgan fingerprint density at radius 3 is 2.38 bits per heavy atom. The van der Waals surface area contributed by atoms with E-state index < -0.39 is 28.6 Å². The van der Waals surface area contributed by atoms with Crippen molar-refractivity contribution in [3.63, 3.8) is 0 Å². The predicted octanol–water partition coefficient (Wildman–Crippen LogP) is 6.02. The van der Waals surface area contributed by atoms with Crippen LogP contribution in [0.5, 0.6) is 5.75 Å². The van der Waals surface area contributed by atoms with Gasteiger partial charge in [-0.15, -0.1) is 0 Å². The van der Waals surface area contributed by atoms with Gasteiger partial charge in [-0.1, -0.05) is 47.4 Å².